The molecule has 0 aromatic rings. The number of fused-ring (bicyclic) bond motifs is 1. The molecule has 3 heterocycles. The van der Waals surface area contributed by atoms with E-state index in [0.717, 1.165) is 12.0 Å². The summed E-state index contributed by atoms with van der Waals surface area (Å²) in [6.07, 6.45) is 5.83. The van der Waals surface area contributed by atoms with Gasteiger partial charge in [0.1, 0.15) is 0 Å². The Bertz CT molecular complexity index is 228. The van der Waals surface area contributed by atoms with Gasteiger partial charge < -0.3 is 4.90 Å². The van der Waals surface area contributed by atoms with Gasteiger partial charge in [0.15, 0.2) is 0 Å². The number of piperidine rings is 1. The molecule has 3 rings (SSSR count). The van der Waals surface area contributed by atoms with Crippen LogP contribution in [0.3, 0.4) is 0 Å². The Morgan fingerprint density at radius 2 is 2.06 bits per heavy atom. The van der Waals surface area contributed by atoms with Gasteiger partial charge >= 0.3 is 0 Å². The highest BCUT2D eigenvalue weighted by Crippen LogP contribution is 2.26. The summed E-state index contributed by atoms with van der Waals surface area (Å²) in [4.78, 5) is 5.49. The van der Waals surface area contributed by atoms with Crippen LogP contribution in [0.1, 0.15) is 25.7 Å². The van der Waals surface area contributed by atoms with Crippen molar-refractivity contribution >= 4 is 11.8 Å². The standard InChI is InChI=1S/C13H24N2S/c1-2-5-15-7-6-14(10-13(15)3-1)9-12-4-8-16-11-12/h12-13H,1-11H2. The van der Waals surface area contributed by atoms with Gasteiger partial charge in [0.2, 0.25) is 0 Å². The third-order valence-corrected chi connectivity index (χ3v) is 5.69. The van der Waals surface area contributed by atoms with Crippen molar-refractivity contribution in [2.75, 3.05) is 44.2 Å². The third kappa shape index (κ3) is 2.57. The molecule has 0 N–H and O–H groups in total. The summed E-state index contributed by atoms with van der Waals surface area (Å²) in [6, 6.07) is 0.900. The van der Waals surface area contributed by atoms with E-state index in [2.05, 4.69) is 21.6 Å². The summed E-state index contributed by atoms with van der Waals surface area (Å²) in [5.41, 5.74) is 0. The average molecular weight is 240 g/mol. The van der Waals surface area contributed by atoms with Crippen molar-refractivity contribution in [3.63, 3.8) is 0 Å². The van der Waals surface area contributed by atoms with Crippen molar-refractivity contribution in [3.8, 4) is 0 Å². The summed E-state index contributed by atoms with van der Waals surface area (Å²) in [5, 5.41) is 0. The van der Waals surface area contributed by atoms with E-state index < -0.39 is 0 Å². The fraction of sp³-hybridized carbons (Fsp3) is 1.00. The average Bonchev–Trinajstić information content (AvgIpc) is 2.82. The minimum atomic E-state index is 0.900. The predicted octanol–water partition coefficient (Wildman–Crippen LogP) is 1.91. The number of hydrogen-bond acceptors (Lipinski definition) is 3. The molecule has 0 aromatic heterocycles. The van der Waals surface area contributed by atoms with Gasteiger partial charge in [-0.3, -0.25) is 4.90 Å². The molecule has 0 spiro atoms. The Kier molecular flexibility index (Phi) is 3.75. The van der Waals surface area contributed by atoms with Crippen LogP contribution in [0.15, 0.2) is 0 Å². The minimum absolute atomic E-state index is 0.900. The second-order valence-electron chi connectivity index (χ2n) is 5.67. The maximum absolute atomic E-state index is 2.75. The zero-order valence-corrected chi connectivity index (χ0v) is 11.1. The highest BCUT2D eigenvalue weighted by Gasteiger charge is 2.30. The van der Waals surface area contributed by atoms with Crippen LogP contribution in [0.25, 0.3) is 0 Å². The maximum Gasteiger partial charge on any atom is 0.0223 e. The summed E-state index contributed by atoms with van der Waals surface area (Å²) >= 11 is 2.16. The lowest BCUT2D eigenvalue weighted by molar-refractivity contribution is 0.0435. The van der Waals surface area contributed by atoms with Gasteiger partial charge in [-0.2, -0.15) is 11.8 Å². The first-order valence-electron chi connectivity index (χ1n) is 6.96. The number of thioether (sulfide) groups is 1. The SMILES string of the molecule is C1CCN2CCN(CC3CCSC3)CC2C1. The van der Waals surface area contributed by atoms with Crippen LogP contribution in [0.5, 0.6) is 0 Å². The molecule has 0 amide bonds. The zero-order valence-electron chi connectivity index (χ0n) is 10.2. The summed E-state index contributed by atoms with van der Waals surface area (Å²) in [5.74, 6) is 3.83. The molecular formula is C13H24N2S. The van der Waals surface area contributed by atoms with Gasteiger partial charge in [0.05, 0.1) is 0 Å². The van der Waals surface area contributed by atoms with E-state index in [9.17, 15) is 0 Å². The molecular weight excluding hydrogens is 216 g/mol. The van der Waals surface area contributed by atoms with Crippen LogP contribution in [0.4, 0.5) is 0 Å². The van der Waals surface area contributed by atoms with Crippen LogP contribution in [-0.2, 0) is 0 Å². The Labute approximate surface area is 104 Å². The molecule has 3 heteroatoms. The summed E-state index contributed by atoms with van der Waals surface area (Å²) < 4.78 is 0. The molecule has 0 bridgehead atoms. The molecule has 0 saturated carbocycles. The first kappa shape index (κ1) is 11.4. The van der Waals surface area contributed by atoms with Crippen LogP contribution < -0.4 is 0 Å². The van der Waals surface area contributed by atoms with Crippen molar-refractivity contribution in [1.29, 1.82) is 0 Å². The molecule has 3 aliphatic rings. The van der Waals surface area contributed by atoms with Crippen molar-refractivity contribution in [2.24, 2.45) is 5.92 Å². The topological polar surface area (TPSA) is 6.48 Å². The van der Waals surface area contributed by atoms with E-state index in [1.54, 1.807) is 0 Å². The van der Waals surface area contributed by atoms with Gasteiger partial charge in [0, 0.05) is 32.2 Å². The van der Waals surface area contributed by atoms with E-state index in [4.69, 9.17) is 0 Å². The van der Waals surface area contributed by atoms with E-state index >= 15 is 0 Å². The van der Waals surface area contributed by atoms with Crippen LogP contribution in [0.2, 0.25) is 0 Å². The molecule has 3 fully saturated rings. The first-order chi connectivity index (χ1) is 7.92. The largest absolute Gasteiger partial charge is 0.300 e. The molecule has 92 valence electrons. The van der Waals surface area contributed by atoms with E-state index in [-0.39, 0.29) is 0 Å². The number of piperazine rings is 1. The summed E-state index contributed by atoms with van der Waals surface area (Å²) in [6.45, 7) is 6.79. The Morgan fingerprint density at radius 3 is 2.94 bits per heavy atom. The lowest BCUT2D eigenvalue weighted by Crippen LogP contribution is -2.55. The molecule has 16 heavy (non-hydrogen) atoms. The lowest BCUT2D eigenvalue weighted by atomic mass is 9.98. The third-order valence-electron chi connectivity index (χ3n) is 4.46. The molecule has 3 aliphatic heterocycles. The highest BCUT2D eigenvalue weighted by atomic mass is 32.2. The molecule has 2 atom stereocenters. The van der Waals surface area contributed by atoms with E-state index in [0.29, 0.717) is 0 Å². The van der Waals surface area contributed by atoms with Crippen molar-refractivity contribution in [1.82, 2.24) is 9.80 Å². The maximum atomic E-state index is 2.75. The van der Waals surface area contributed by atoms with Crippen molar-refractivity contribution < 1.29 is 0 Å². The number of nitrogens with zero attached hydrogens (tertiary/aromatic N) is 2. The van der Waals surface area contributed by atoms with E-state index in [1.165, 1.54) is 69.9 Å². The van der Waals surface area contributed by atoms with Crippen LogP contribution >= 0.6 is 11.8 Å². The summed E-state index contributed by atoms with van der Waals surface area (Å²) in [7, 11) is 0. The normalized spacial score (nSPS) is 37.5. The van der Waals surface area contributed by atoms with Crippen molar-refractivity contribution in [3.05, 3.63) is 0 Å². The zero-order chi connectivity index (χ0) is 10.8. The minimum Gasteiger partial charge on any atom is -0.300 e. The van der Waals surface area contributed by atoms with Gasteiger partial charge in [-0.25, -0.2) is 0 Å². The fourth-order valence-electron chi connectivity index (χ4n) is 3.48. The predicted molar refractivity (Wildman–Crippen MR) is 71.1 cm³/mol. The Hall–Kier alpha value is 0.270. The number of hydrogen-bond donors (Lipinski definition) is 0. The van der Waals surface area contributed by atoms with Gasteiger partial charge in [-0.1, -0.05) is 6.42 Å². The second-order valence-corrected chi connectivity index (χ2v) is 6.82. The quantitative estimate of drug-likeness (QED) is 0.728. The molecule has 0 aromatic carbocycles. The highest BCUT2D eigenvalue weighted by molar-refractivity contribution is 7.99. The molecule has 2 unspecified atom stereocenters. The van der Waals surface area contributed by atoms with Gasteiger partial charge in [-0.05, 0) is 43.2 Å². The smallest absolute Gasteiger partial charge is 0.0223 e. The molecule has 0 aliphatic carbocycles. The fourth-order valence-corrected chi connectivity index (χ4v) is 4.75. The Balaban J connectivity index is 1.50. The monoisotopic (exact) mass is 240 g/mol. The first-order valence-corrected chi connectivity index (χ1v) is 8.11. The molecule has 2 nitrogen and oxygen atoms in total. The number of rotatable bonds is 2. The molecule has 0 radical (unpaired) electrons. The second kappa shape index (κ2) is 5.28. The van der Waals surface area contributed by atoms with Crippen molar-refractivity contribution in [2.45, 2.75) is 31.7 Å². The molecule has 3 saturated heterocycles. The lowest BCUT2D eigenvalue weighted by Gasteiger charge is -2.44. The van der Waals surface area contributed by atoms with Crippen LogP contribution in [-0.4, -0.2) is 60.1 Å². The van der Waals surface area contributed by atoms with Gasteiger partial charge in [0.25, 0.3) is 0 Å². The van der Waals surface area contributed by atoms with Gasteiger partial charge in [-0.15, -0.1) is 0 Å². The van der Waals surface area contributed by atoms with Crippen LogP contribution in [0, 0.1) is 5.92 Å². The van der Waals surface area contributed by atoms with E-state index in [1.807, 2.05) is 0 Å². The Morgan fingerprint density at radius 1 is 1.06 bits per heavy atom.